The monoisotopic (exact) mass is 457 g/mol. The average molecular weight is 458 g/mol. The Morgan fingerprint density at radius 1 is 1.06 bits per heavy atom. The predicted molar refractivity (Wildman–Crippen MR) is 122 cm³/mol. The molecule has 5 atom stereocenters. The molecule has 0 saturated carbocycles. The van der Waals surface area contributed by atoms with Crippen molar-refractivity contribution in [2.45, 2.75) is 43.9 Å². The summed E-state index contributed by atoms with van der Waals surface area (Å²) in [6.07, 6.45) is 2.68. The van der Waals surface area contributed by atoms with Crippen LogP contribution in [0.1, 0.15) is 37.3 Å². The van der Waals surface area contributed by atoms with E-state index in [4.69, 9.17) is 14.2 Å². The van der Waals surface area contributed by atoms with E-state index in [0.717, 1.165) is 64.0 Å². The number of amides is 2. The zero-order chi connectivity index (χ0) is 22.6. The highest BCUT2D eigenvalue weighted by Gasteiger charge is 2.43. The first-order valence-electron chi connectivity index (χ1n) is 12.4. The molecule has 8 nitrogen and oxygen atoms in total. The lowest BCUT2D eigenvalue weighted by molar-refractivity contribution is -0.140. The normalized spacial score (nSPS) is 30.4. The third-order valence-corrected chi connectivity index (χ3v) is 7.47. The number of alkyl carbamates (subject to hydrolysis) is 1. The molecule has 1 aromatic rings. The smallest absolute Gasteiger partial charge is 0.407 e. The summed E-state index contributed by atoms with van der Waals surface area (Å²) in [6, 6.07) is 9.99. The fourth-order valence-electron chi connectivity index (χ4n) is 5.68. The molecule has 0 aromatic heterocycles. The first kappa shape index (κ1) is 22.6. The van der Waals surface area contributed by atoms with Gasteiger partial charge < -0.3 is 29.3 Å². The highest BCUT2D eigenvalue weighted by molar-refractivity contribution is 5.81. The summed E-state index contributed by atoms with van der Waals surface area (Å²) in [5, 5.41) is 3.08. The van der Waals surface area contributed by atoms with Gasteiger partial charge in [-0.15, -0.1) is 0 Å². The van der Waals surface area contributed by atoms with Crippen molar-refractivity contribution < 1.29 is 23.8 Å². The van der Waals surface area contributed by atoms with Crippen LogP contribution < -0.4 is 5.32 Å². The number of ether oxygens (including phenoxy) is 3. The highest BCUT2D eigenvalue weighted by Crippen LogP contribution is 2.33. The van der Waals surface area contributed by atoms with Gasteiger partial charge in [0.15, 0.2) is 0 Å². The number of carbonyl (C=O) groups is 2. The molecule has 4 aliphatic heterocycles. The van der Waals surface area contributed by atoms with E-state index in [-0.39, 0.29) is 30.3 Å². The number of benzene rings is 1. The second-order valence-corrected chi connectivity index (χ2v) is 9.81. The van der Waals surface area contributed by atoms with Crippen LogP contribution in [0.15, 0.2) is 30.3 Å². The Kier molecular flexibility index (Phi) is 7.13. The van der Waals surface area contributed by atoms with Gasteiger partial charge in [0.05, 0.1) is 19.3 Å². The summed E-state index contributed by atoms with van der Waals surface area (Å²) in [6.45, 7) is 6.44. The molecule has 180 valence electrons. The van der Waals surface area contributed by atoms with Gasteiger partial charge >= 0.3 is 6.09 Å². The Morgan fingerprint density at radius 2 is 1.85 bits per heavy atom. The summed E-state index contributed by atoms with van der Waals surface area (Å²) >= 11 is 0. The topological polar surface area (TPSA) is 80.3 Å². The van der Waals surface area contributed by atoms with Crippen molar-refractivity contribution in [3.05, 3.63) is 35.9 Å². The number of rotatable bonds is 7. The van der Waals surface area contributed by atoms with Gasteiger partial charge in [-0.2, -0.15) is 0 Å². The standard InChI is InChI=1S/C25H35N3O5/c29-24(23-7-4-11-32-23)28-15-19-13-27(14-20(19)16-28)10-8-22(18-5-2-1-3-6-18)26-25(30)33-21-9-12-31-17-21/h1-3,5-6,19-23H,4,7-17H2,(H,26,30)/t19?,20?,21?,22?,23-/m0/s1. The SMILES string of the molecule is O=C(NC(CCN1CC2CN(C(=O)[C@@H]3CCCO3)CC2C1)c1ccccc1)OC1CCOC1. The zero-order valence-corrected chi connectivity index (χ0v) is 19.2. The third-order valence-electron chi connectivity index (χ3n) is 7.47. The molecule has 0 spiro atoms. The van der Waals surface area contributed by atoms with Gasteiger partial charge in [0.2, 0.25) is 0 Å². The first-order chi connectivity index (χ1) is 16.2. The quantitative estimate of drug-likeness (QED) is 0.676. The Hall–Kier alpha value is -2.16. The minimum atomic E-state index is -0.374. The number of nitrogens with zero attached hydrogens (tertiary/aromatic N) is 2. The summed E-state index contributed by atoms with van der Waals surface area (Å²) in [5.74, 6) is 1.25. The third kappa shape index (κ3) is 5.50. The first-order valence-corrected chi connectivity index (χ1v) is 12.4. The maximum atomic E-state index is 12.7. The molecular weight excluding hydrogens is 422 g/mol. The maximum Gasteiger partial charge on any atom is 0.407 e. The molecule has 1 aromatic carbocycles. The summed E-state index contributed by atoms with van der Waals surface area (Å²) in [5.41, 5.74) is 1.09. The molecule has 2 amide bonds. The Balaban J connectivity index is 1.12. The number of hydrogen-bond acceptors (Lipinski definition) is 6. The largest absolute Gasteiger partial charge is 0.444 e. The van der Waals surface area contributed by atoms with Crippen LogP contribution in [-0.4, -0.2) is 86.6 Å². The molecule has 4 heterocycles. The van der Waals surface area contributed by atoms with E-state index in [9.17, 15) is 9.59 Å². The van der Waals surface area contributed by atoms with Crippen molar-refractivity contribution in [1.82, 2.24) is 15.1 Å². The molecule has 0 aliphatic carbocycles. The van der Waals surface area contributed by atoms with E-state index in [0.29, 0.717) is 31.7 Å². The van der Waals surface area contributed by atoms with Gasteiger partial charge in [-0.25, -0.2) is 4.79 Å². The van der Waals surface area contributed by atoms with Crippen LogP contribution in [0, 0.1) is 11.8 Å². The lowest BCUT2D eigenvalue weighted by atomic mass is 10.0. The fraction of sp³-hybridized carbons (Fsp3) is 0.680. The second kappa shape index (κ2) is 10.4. The van der Waals surface area contributed by atoms with Crippen molar-refractivity contribution in [3.63, 3.8) is 0 Å². The van der Waals surface area contributed by atoms with Crippen LogP contribution in [0.4, 0.5) is 4.79 Å². The van der Waals surface area contributed by atoms with E-state index >= 15 is 0 Å². The van der Waals surface area contributed by atoms with Gasteiger partial charge in [-0.3, -0.25) is 4.79 Å². The molecule has 4 fully saturated rings. The predicted octanol–water partition coefficient (Wildman–Crippen LogP) is 2.20. The van der Waals surface area contributed by atoms with Gasteiger partial charge in [0, 0.05) is 45.8 Å². The number of carbonyl (C=O) groups excluding carboxylic acids is 2. The maximum absolute atomic E-state index is 12.7. The van der Waals surface area contributed by atoms with Crippen molar-refractivity contribution in [2.24, 2.45) is 11.8 Å². The number of fused-ring (bicyclic) bond motifs is 1. The van der Waals surface area contributed by atoms with Gasteiger partial charge in [0.25, 0.3) is 5.91 Å². The van der Waals surface area contributed by atoms with Crippen LogP contribution in [-0.2, 0) is 19.0 Å². The van der Waals surface area contributed by atoms with Crippen molar-refractivity contribution >= 4 is 12.0 Å². The van der Waals surface area contributed by atoms with Gasteiger partial charge in [-0.1, -0.05) is 30.3 Å². The van der Waals surface area contributed by atoms with E-state index in [1.54, 1.807) is 0 Å². The lowest BCUT2D eigenvalue weighted by Gasteiger charge is -2.25. The van der Waals surface area contributed by atoms with Crippen LogP contribution in [0.25, 0.3) is 0 Å². The molecule has 33 heavy (non-hydrogen) atoms. The molecule has 5 rings (SSSR count). The zero-order valence-electron chi connectivity index (χ0n) is 19.2. The Labute approximate surface area is 195 Å². The highest BCUT2D eigenvalue weighted by atomic mass is 16.6. The van der Waals surface area contributed by atoms with E-state index in [2.05, 4.69) is 22.3 Å². The number of hydrogen-bond donors (Lipinski definition) is 1. The number of likely N-dealkylation sites (tertiary alicyclic amines) is 2. The minimum absolute atomic E-state index is 0.0981. The summed E-state index contributed by atoms with van der Waals surface area (Å²) in [7, 11) is 0. The molecule has 8 heteroatoms. The van der Waals surface area contributed by atoms with E-state index in [1.807, 2.05) is 23.1 Å². The van der Waals surface area contributed by atoms with Crippen LogP contribution in [0.2, 0.25) is 0 Å². The Morgan fingerprint density at radius 3 is 2.52 bits per heavy atom. The molecular formula is C25H35N3O5. The van der Waals surface area contributed by atoms with Crippen molar-refractivity contribution in [1.29, 1.82) is 0 Å². The molecule has 0 bridgehead atoms. The van der Waals surface area contributed by atoms with E-state index < -0.39 is 0 Å². The lowest BCUT2D eigenvalue weighted by Crippen LogP contribution is -2.40. The molecule has 1 N–H and O–H groups in total. The molecule has 4 unspecified atom stereocenters. The van der Waals surface area contributed by atoms with Crippen molar-refractivity contribution in [3.8, 4) is 0 Å². The van der Waals surface area contributed by atoms with Crippen LogP contribution in [0.3, 0.4) is 0 Å². The van der Waals surface area contributed by atoms with Crippen LogP contribution >= 0.6 is 0 Å². The van der Waals surface area contributed by atoms with Crippen LogP contribution in [0.5, 0.6) is 0 Å². The molecule has 4 aliphatic rings. The average Bonchev–Trinajstić information content (AvgIpc) is 3.62. The summed E-state index contributed by atoms with van der Waals surface area (Å²) in [4.78, 5) is 29.7. The minimum Gasteiger partial charge on any atom is -0.444 e. The number of nitrogens with one attached hydrogen (secondary N) is 1. The second-order valence-electron chi connectivity index (χ2n) is 9.81. The van der Waals surface area contributed by atoms with E-state index in [1.165, 1.54) is 0 Å². The fourth-order valence-corrected chi connectivity index (χ4v) is 5.68. The summed E-state index contributed by atoms with van der Waals surface area (Å²) < 4.78 is 16.4. The van der Waals surface area contributed by atoms with Gasteiger partial charge in [0.1, 0.15) is 12.2 Å². The Bertz CT molecular complexity index is 796. The molecule has 0 radical (unpaired) electrons. The molecule has 4 saturated heterocycles. The van der Waals surface area contributed by atoms with Crippen molar-refractivity contribution in [2.75, 3.05) is 52.5 Å². The van der Waals surface area contributed by atoms with Gasteiger partial charge in [-0.05, 0) is 36.7 Å².